The zero-order valence-electron chi connectivity index (χ0n) is 14.6. The Labute approximate surface area is 145 Å². The molecule has 1 aliphatic rings. The first-order chi connectivity index (χ1) is 12.0. The van der Waals surface area contributed by atoms with Crippen molar-refractivity contribution in [1.29, 1.82) is 0 Å². The van der Waals surface area contributed by atoms with Gasteiger partial charge in [-0.25, -0.2) is 4.63 Å². The van der Waals surface area contributed by atoms with Crippen LogP contribution in [-0.2, 0) is 27.3 Å². The van der Waals surface area contributed by atoms with Crippen molar-refractivity contribution in [3.8, 4) is 0 Å². The van der Waals surface area contributed by atoms with E-state index in [-0.39, 0.29) is 24.5 Å². The lowest BCUT2D eigenvalue weighted by Crippen LogP contribution is -2.50. The maximum atomic E-state index is 12.3. The molecule has 0 aromatic carbocycles. The molecular formula is C16H22N4O5. The van der Waals surface area contributed by atoms with Crippen LogP contribution in [0.25, 0.3) is 0 Å². The summed E-state index contributed by atoms with van der Waals surface area (Å²) in [5.41, 5.74) is 2.90. The number of hydrogen-bond acceptors (Lipinski definition) is 8. The van der Waals surface area contributed by atoms with E-state index in [0.717, 1.165) is 17.0 Å². The van der Waals surface area contributed by atoms with Gasteiger partial charge in [0.2, 0.25) is 5.91 Å². The second kappa shape index (κ2) is 7.75. The van der Waals surface area contributed by atoms with Crippen LogP contribution in [0.3, 0.4) is 0 Å². The van der Waals surface area contributed by atoms with Crippen molar-refractivity contribution in [2.75, 3.05) is 13.2 Å². The fourth-order valence-corrected chi connectivity index (χ4v) is 2.76. The van der Waals surface area contributed by atoms with Gasteiger partial charge in [0.15, 0.2) is 0 Å². The molecule has 0 radical (unpaired) electrons. The number of nitrogens with zero attached hydrogens (tertiary/aromatic N) is 3. The van der Waals surface area contributed by atoms with Gasteiger partial charge in [0.1, 0.15) is 23.3 Å². The number of ether oxygens (including phenoxy) is 2. The maximum absolute atomic E-state index is 12.3. The molecule has 0 unspecified atom stereocenters. The molecule has 3 heterocycles. The predicted octanol–water partition coefficient (Wildman–Crippen LogP) is 1.02. The Morgan fingerprint density at radius 2 is 2.08 bits per heavy atom. The van der Waals surface area contributed by atoms with Crippen LogP contribution in [0.5, 0.6) is 0 Å². The van der Waals surface area contributed by atoms with Gasteiger partial charge in [-0.2, -0.15) is 0 Å². The van der Waals surface area contributed by atoms with E-state index >= 15 is 0 Å². The van der Waals surface area contributed by atoms with Crippen molar-refractivity contribution in [2.24, 2.45) is 0 Å². The van der Waals surface area contributed by atoms with E-state index in [0.29, 0.717) is 37.6 Å². The minimum absolute atomic E-state index is 0.123. The minimum Gasteiger partial charge on any atom is -0.379 e. The first-order valence-corrected chi connectivity index (χ1v) is 8.23. The van der Waals surface area contributed by atoms with Crippen LogP contribution in [0.1, 0.15) is 34.8 Å². The van der Waals surface area contributed by atoms with Crippen LogP contribution in [0, 0.1) is 20.8 Å². The summed E-state index contributed by atoms with van der Waals surface area (Å²) >= 11 is 0. The molecule has 2 aromatic heterocycles. The molecule has 1 saturated heterocycles. The van der Waals surface area contributed by atoms with Gasteiger partial charge in [-0.05, 0) is 27.2 Å². The lowest BCUT2D eigenvalue weighted by molar-refractivity contribution is -0.126. The standard InChI is InChI=1S/C16H22N4O5/c1-9-12(11(3)24-18-9)7-23-15-8-22-5-4-13(15)17-16(21)6-14-10(2)19-25-20-14/h13,15H,4-8H2,1-3H3,(H,17,21)/t13-,15-/m1/s1. The van der Waals surface area contributed by atoms with Gasteiger partial charge in [-0.3, -0.25) is 4.79 Å². The molecule has 0 saturated carbocycles. The summed E-state index contributed by atoms with van der Waals surface area (Å²) in [5, 5.41) is 14.3. The van der Waals surface area contributed by atoms with Crippen molar-refractivity contribution < 1.29 is 23.4 Å². The lowest BCUT2D eigenvalue weighted by atomic mass is 10.1. The number of hydrogen-bond donors (Lipinski definition) is 1. The van der Waals surface area contributed by atoms with Crippen molar-refractivity contribution in [3.05, 3.63) is 28.4 Å². The van der Waals surface area contributed by atoms with E-state index < -0.39 is 0 Å². The third-order valence-corrected chi connectivity index (χ3v) is 4.35. The first-order valence-electron chi connectivity index (χ1n) is 8.23. The van der Waals surface area contributed by atoms with Gasteiger partial charge in [-0.1, -0.05) is 15.5 Å². The maximum Gasteiger partial charge on any atom is 0.226 e. The predicted molar refractivity (Wildman–Crippen MR) is 84.7 cm³/mol. The Kier molecular flexibility index (Phi) is 5.44. The van der Waals surface area contributed by atoms with Crippen LogP contribution < -0.4 is 5.32 Å². The van der Waals surface area contributed by atoms with Crippen molar-refractivity contribution in [3.63, 3.8) is 0 Å². The average molecular weight is 350 g/mol. The summed E-state index contributed by atoms with van der Waals surface area (Å²) in [6.07, 6.45) is 0.583. The van der Waals surface area contributed by atoms with E-state index in [1.807, 2.05) is 13.8 Å². The Morgan fingerprint density at radius 1 is 1.24 bits per heavy atom. The van der Waals surface area contributed by atoms with Crippen molar-refractivity contribution in [1.82, 2.24) is 20.8 Å². The molecule has 25 heavy (non-hydrogen) atoms. The fraction of sp³-hybridized carbons (Fsp3) is 0.625. The van der Waals surface area contributed by atoms with Crippen molar-refractivity contribution in [2.45, 2.75) is 52.4 Å². The Morgan fingerprint density at radius 3 is 2.76 bits per heavy atom. The molecule has 0 aliphatic carbocycles. The molecule has 9 heteroatoms. The number of nitrogens with one attached hydrogen (secondary N) is 1. The topological polar surface area (TPSA) is 113 Å². The molecule has 2 atom stereocenters. The summed E-state index contributed by atoms with van der Waals surface area (Å²) in [5.74, 6) is 0.598. The van der Waals surface area contributed by atoms with E-state index in [1.165, 1.54) is 0 Å². The Hall–Kier alpha value is -2.26. The number of rotatable bonds is 6. The van der Waals surface area contributed by atoms with E-state index in [4.69, 9.17) is 14.0 Å². The van der Waals surface area contributed by atoms with Crippen LogP contribution in [0.2, 0.25) is 0 Å². The number of aryl methyl sites for hydroxylation is 3. The third kappa shape index (κ3) is 4.23. The molecule has 1 fully saturated rings. The molecular weight excluding hydrogens is 328 g/mol. The minimum atomic E-state index is -0.233. The van der Waals surface area contributed by atoms with Crippen molar-refractivity contribution >= 4 is 5.91 Å². The Bertz CT molecular complexity index is 706. The zero-order valence-corrected chi connectivity index (χ0v) is 14.6. The number of carbonyl (C=O) groups excluding carboxylic acids is 1. The van der Waals surface area contributed by atoms with Crippen LogP contribution >= 0.6 is 0 Å². The second-order valence-electron chi connectivity index (χ2n) is 6.16. The monoisotopic (exact) mass is 350 g/mol. The third-order valence-electron chi connectivity index (χ3n) is 4.35. The van der Waals surface area contributed by atoms with E-state index in [9.17, 15) is 4.79 Å². The SMILES string of the molecule is Cc1nonc1CC(=O)N[C@@H]1CCOC[C@H]1OCc1c(C)noc1C. The van der Waals surface area contributed by atoms with Gasteiger partial charge >= 0.3 is 0 Å². The lowest BCUT2D eigenvalue weighted by Gasteiger charge is -2.32. The first kappa shape index (κ1) is 17.6. The molecule has 2 aromatic rings. The van der Waals surface area contributed by atoms with Gasteiger partial charge in [0.05, 0.1) is 31.4 Å². The highest BCUT2D eigenvalue weighted by Crippen LogP contribution is 2.18. The second-order valence-corrected chi connectivity index (χ2v) is 6.16. The van der Waals surface area contributed by atoms with Crippen LogP contribution in [0.15, 0.2) is 9.15 Å². The summed E-state index contributed by atoms with van der Waals surface area (Å²) in [7, 11) is 0. The molecule has 1 amide bonds. The quantitative estimate of drug-likeness (QED) is 0.821. The van der Waals surface area contributed by atoms with E-state index in [2.05, 4.69) is 25.4 Å². The largest absolute Gasteiger partial charge is 0.379 e. The summed E-state index contributed by atoms with van der Waals surface area (Å²) < 4.78 is 21.2. The van der Waals surface area contributed by atoms with Gasteiger partial charge in [-0.15, -0.1) is 0 Å². The smallest absolute Gasteiger partial charge is 0.226 e. The Balaban J connectivity index is 1.57. The van der Waals surface area contributed by atoms with Gasteiger partial charge in [0, 0.05) is 12.2 Å². The molecule has 3 rings (SSSR count). The number of amides is 1. The highest BCUT2D eigenvalue weighted by molar-refractivity contribution is 5.78. The number of aromatic nitrogens is 3. The van der Waals surface area contributed by atoms with Gasteiger partial charge in [0.25, 0.3) is 0 Å². The summed E-state index contributed by atoms with van der Waals surface area (Å²) in [6.45, 7) is 6.86. The summed E-state index contributed by atoms with van der Waals surface area (Å²) in [6, 6.07) is -0.123. The molecule has 136 valence electrons. The van der Waals surface area contributed by atoms with Crippen LogP contribution in [-0.4, -0.2) is 46.7 Å². The molecule has 1 aliphatic heterocycles. The molecule has 1 N–H and O–H groups in total. The van der Waals surface area contributed by atoms with Gasteiger partial charge < -0.3 is 19.3 Å². The molecule has 0 bridgehead atoms. The fourth-order valence-electron chi connectivity index (χ4n) is 2.76. The summed E-state index contributed by atoms with van der Waals surface area (Å²) in [4.78, 5) is 12.3. The molecule has 0 spiro atoms. The van der Waals surface area contributed by atoms with Crippen LogP contribution in [0.4, 0.5) is 0 Å². The highest BCUT2D eigenvalue weighted by Gasteiger charge is 2.29. The zero-order chi connectivity index (χ0) is 17.8. The normalized spacial score (nSPS) is 20.6. The average Bonchev–Trinajstić information content (AvgIpc) is 3.13. The highest BCUT2D eigenvalue weighted by atomic mass is 16.6. The molecule has 9 nitrogen and oxygen atoms in total. The van der Waals surface area contributed by atoms with E-state index in [1.54, 1.807) is 6.92 Å². The number of carbonyl (C=O) groups is 1.